The molecule has 37 heavy (non-hydrogen) atoms. The normalized spacial score (nSPS) is 17.2. The van der Waals surface area contributed by atoms with E-state index in [1.165, 1.54) is 12.0 Å². The lowest BCUT2D eigenvalue weighted by atomic mass is 9.85. The molecule has 0 radical (unpaired) electrons. The fourth-order valence-corrected chi connectivity index (χ4v) is 4.48. The molecule has 1 amide bonds. The quantitative estimate of drug-likeness (QED) is 0.231. The van der Waals surface area contributed by atoms with Gasteiger partial charge in [0.1, 0.15) is 17.3 Å². The number of rotatable bonds is 7. The molecule has 3 aromatic rings. The molecule has 0 aliphatic carbocycles. The third-order valence-electron chi connectivity index (χ3n) is 6.47. The predicted octanol–water partition coefficient (Wildman–Crippen LogP) is 6.41. The van der Waals surface area contributed by atoms with Crippen LogP contribution >= 0.6 is 0 Å². The van der Waals surface area contributed by atoms with E-state index in [4.69, 9.17) is 9.47 Å². The summed E-state index contributed by atoms with van der Waals surface area (Å²) in [5.41, 5.74) is 2.65. The molecule has 1 N–H and O–H groups in total. The molecular weight excluding hydrogens is 466 g/mol. The Bertz CT molecular complexity index is 1330. The lowest BCUT2D eigenvalue weighted by Gasteiger charge is -2.28. The van der Waals surface area contributed by atoms with Crippen LogP contribution in [0.4, 0.5) is 5.69 Å². The number of carbonyl (C=O) groups excluding carboxylic acids is 2. The first kappa shape index (κ1) is 26.0. The van der Waals surface area contributed by atoms with E-state index in [1.807, 2.05) is 37.3 Å². The zero-order valence-corrected chi connectivity index (χ0v) is 21.9. The van der Waals surface area contributed by atoms with Crippen molar-refractivity contribution in [3.63, 3.8) is 0 Å². The second-order valence-corrected chi connectivity index (χ2v) is 10.1. The number of benzene rings is 3. The predicted molar refractivity (Wildman–Crippen MR) is 145 cm³/mol. The van der Waals surface area contributed by atoms with Gasteiger partial charge in [0.05, 0.1) is 31.0 Å². The number of aliphatic hydroxyl groups excluding tert-OH is 1. The Hall–Kier alpha value is -4.06. The topological polar surface area (TPSA) is 76.1 Å². The van der Waals surface area contributed by atoms with Gasteiger partial charge in [-0.05, 0) is 47.2 Å². The Morgan fingerprint density at radius 1 is 0.973 bits per heavy atom. The van der Waals surface area contributed by atoms with Crippen LogP contribution in [0.3, 0.4) is 0 Å². The molecule has 1 unspecified atom stereocenters. The van der Waals surface area contributed by atoms with Crippen LogP contribution in [-0.4, -0.2) is 30.5 Å². The average molecular weight is 500 g/mol. The van der Waals surface area contributed by atoms with Gasteiger partial charge in [0.2, 0.25) is 0 Å². The van der Waals surface area contributed by atoms with Gasteiger partial charge in [0, 0.05) is 5.56 Å². The lowest BCUT2D eigenvalue weighted by molar-refractivity contribution is -0.132. The van der Waals surface area contributed by atoms with Crippen LogP contribution in [-0.2, 0) is 15.0 Å². The van der Waals surface area contributed by atoms with Crippen molar-refractivity contribution in [2.45, 2.75) is 45.6 Å². The van der Waals surface area contributed by atoms with Gasteiger partial charge >= 0.3 is 0 Å². The first-order valence-corrected chi connectivity index (χ1v) is 12.4. The maximum absolute atomic E-state index is 13.6. The number of ketones is 1. The first-order valence-electron chi connectivity index (χ1n) is 12.4. The zero-order chi connectivity index (χ0) is 26.7. The third-order valence-corrected chi connectivity index (χ3v) is 6.47. The summed E-state index contributed by atoms with van der Waals surface area (Å²) in [5, 5.41) is 11.4. The van der Waals surface area contributed by atoms with E-state index in [0.29, 0.717) is 34.9 Å². The van der Waals surface area contributed by atoms with Crippen molar-refractivity contribution in [1.82, 2.24) is 0 Å². The van der Waals surface area contributed by atoms with Gasteiger partial charge in [0.25, 0.3) is 11.7 Å². The second-order valence-electron chi connectivity index (χ2n) is 10.1. The van der Waals surface area contributed by atoms with Crippen LogP contribution in [0.1, 0.15) is 56.8 Å². The number of anilines is 1. The van der Waals surface area contributed by atoms with Gasteiger partial charge in [-0.15, -0.1) is 0 Å². The standard InChI is InChI=1S/C31H33NO5/c1-6-18-37-25-13-8-7-12-24(25)32-27(20-14-16-22(17-15-20)31(2,3)4)26(29(34)30(32)35)28(33)21-10-9-11-23(19-21)36-5/h7-17,19,27,33H,6,18H2,1-5H3/b28-26-. The van der Waals surface area contributed by atoms with E-state index in [2.05, 4.69) is 20.8 Å². The van der Waals surface area contributed by atoms with E-state index >= 15 is 0 Å². The summed E-state index contributed by atoms with van der Waals surface area (Å²) in [4.78, 5) is 28.5. The van der Waals surface area contributed by atoms with Crippen LogP contribution in [0.2, 0.25) is 0 Å². The molecule has 1 saturated heterocycles. The number of nitrogens with zero attached hydrogens (tertiary/aromatic N) is 1. The zero-order valence-electron chi connectivity index (χ0n) is 21.9. The number of amides is 1. The summed E-state index contributed by atoms with van der Waals surface area (Å²) < 4.78 is 11.2. The van der Waals surface area contributed by atoms with Gasteiger partial charge in [0.15, 0.2) is 0 Å². The second kappa shape index (κ2) is 10.5. The highest BCUT2D eigenvalue weighted by atomic mass is 16.5. The van der Waals surface area contributed by atoms with Gasteiger partial charge in [-0.2, -0.15) is 0 Å². The number of Topliss-reactive ketones (excluding diaryl/α,β-unsaturated/α-hetero) is 1. The smallest absolute Gasteiger partial charge is 0.300 e. The SMILES string of the molecule is CCCOc1ccccc1N1C(=O)C(=O)/C(=C(\O)c2cccc(OC)c2)C1c1ccc(C(C)(C)C)cc1. The summed E-state index contributed by atoms with van der Waals surface area (Å²) in [7, 11) is 1.53. The fraction of sp³-hybridized carbons (Fsp3) is 0.290. The maximum atomic E-state index is 13.6. The molecule has 1 heterocycles. The number of hydrogen-bond donors (Lipinski definition) is 1. The van der Waals surface area contributed by atoms with Gasteiger partial charge < -0.3 is 14.6 Å². The number of carbonyl (C=O) groups is 2. The number of methoxy groups -OCH3 is 1. The largest absolute Gasteiger partial charge is 0.507 e. The molecule has 1 aliphatic rings. The molecule has 0 spiro atoms. The molecule has 1 atom stereocenters. The third kappa shape index (κ3) is 5.10. The summed E-state index contributed by atoms with van der Waals surface area (Å²) >= 11 is 0. The number of hydrogen-bond acceptors (Lipinski definition) is 5. The van der Waals surface area contributed by atoms with Crippen LogP contribution in [0.5, 0.6) is 11.5 Å². The van der Waals surface area contributed by atoms with E-state index in [9.17, 15) is 14.7 Å². The molecule has 192 valence electrons. The molecule has 0 saturated carbocycles. The highest BCUT2D eigenvalue weighted by Gasteiger charge is 2.47. The van der Waals surface area contributed by atoms with Crippen molar-refractivity contribution in [3.05, 3.63) is 95.1 Å². The molecular formula is C31H33NO5. The Morgan fingerprint density at radius 3 is 2.32 bits per heavy atom. The molecule has 1 aliphatic heterocycles. The highest BCUT2D eigenvalue weighted by Crippen LogP contribution is 2.45. The van der Waals surface area contributed by atoms with Crippen LogP contribution < -0.4 is 14.4 Å². The fourth-order valence-electron chi connectivity index (χ4n) is 4.48. The van der Waals surface area contributed by atoms with E-state index in [0.717, 1.165) is 12.0 Å². The molecule has 4 rings (SSSR count). The molecule has 3 aromatic carbocycles. The summed E-state index contributed by atoms with van der Waals surface area (Å²) in [6.45, 7) is 8.84. The number of para-hydroxylation sites is 2. The minimum absolute atomic E-state index is 0.0204. The van der Waals surface area contributed by atoms with E-state index in [-0.39, 0.29) is 16.7 Å². The van der Waals surface area contributed by atoms with Crippen molar-refractivity contribution >= 4 is 23.1 Å². The minimum atomic E-state index is -0.841. The molecule has 6 heteroatoms. The van der Waals surface area contributed by atoms with Crippen molar-refractivity contribution < 1.29 is 24.2 Å². The Labute approximate surface area is 218 Å². The summed E-state index contributed by atoms with van der Waals surface area (Å²) in [6, 6.07) is 21.0. The average Bonchev–Trinajstić information content (AvgIpc) is 3.16. The van der Waals surface area contributed by atoms with Crippen LogP contribution in [0.25, 0.3) is 5.76 Å². The van der Waals surface area contributed by atoms with Crippen molar-refractivity contribution in [2.24, 2.45) is 0 Å². The Balaban J connectivity index is 1.94. The summed E-state index contributed by atoms with van der Waals surface area (Å²) in [5.74, 6) is -0.694. The van der Waals surface area contributed by atoms with Gasteiger partial charge in [-0.3, -0.25) is 14.5 Å². The molecule has 1 fully saturated rings. The minimum Gasteiger partial charge on any atom is -0.507 e. The highest BCUT2D eigenvalue weighted by molar-refractivity contribution is 6.51. The lowest BCUT2D eigenvalue weighted by Crippen LogP contribution is -2.30. The number of aliphatic hydroxyl groups is 1. The monoisotopic (exact) mass is 499 g/mol. The molecule has 6 nitrogen and oxygen atoms in total. The van der Waals surface area contributed by atoms with E-state index < -0.39 is 17.7 Å². The van der Waals surface area contributed by atoms with E-state index in [1.54, 1.807) is 42.5 Å². The number of ether oxygens (including phenoxy) is 2. The first-order chi connectivity index (χ1) is 17.7. The summed E-state index contributed by atoms with van der Waals surface area (Å²) in [6.07, 6.45) is 0.792. The van der Waals surface area contributed by atoms with Crippen LogP contribution in [0, 0.1) is 0 Å². The Morgan fingerprint density at radius 2 is 1.68 bits per heavy atom. The Kier molecular flexibility index (Phi) is 7.39. The van der Waals surface area contributed by atoms with Crippen LogP contribution in [0.15, 0.2) is 78.4 Å². The molecule has 0 bridgehead atoms. The van der Waals surface area contributed by atoms with Crippen molar-refractivity contribution in [2.75, 3.05) is 18.6 Å². The molecule has 0 aromatic heterocycles. The van der Waals surface area contributed by atoms with Gasteiger partial charge in [-0.1, -0.05) is 76.2 Å². The van der Waals surface area contributed by atoms with Crippen molar-refractivity contribution in [1.29, 1.82) is 0 Å². The van der Waals surface area contributed by atoms with Crippen molar-refractivity contribution in [3.8, 4) is 11.5 Å². The maximum Gasteiger partial charge on any atom is 0.300 e. The van der Waals surface area contributed by atoms with Gasteiger partial charge in [-0.25, -0.2) is 0 Å².